The molecule has 0 atom stereocenters. The summed E-state index contributed by atoms with van der Waals surface area (Å²) in [6.07, 6.45) is 2.95. The highest BCUT2D eigenvalue weighted by Crippen LogP contribution is 2.18. The second-order valence-corrected chi connectivity index (χ2v) is 6.18. The summed E-state index contributed by atoms with van der Waals surface area (Å²) in [5.74, 6) is 0. The number of non-ortho nitro benzene ring substituents is 1. The number of fused-ring (bicyclic) bond motifs is 1. The number of nitro groups is 1. The van der Waals surface area contributed by atoms with Crippen molar-refractivity contribution in [2.45, 2.75) is 13.5 Å². The zero-order valence-corrected chi connectivity index (χ0v) is 14.4. The zero-order valence-electron chi connectivity index (χ0n) is 14.4. The molecule has 2 heterocycles. The van der Waals surface area contributed by atoms with E-state index in [2.05, 4.69) is 10.1 Å². The van der Waals surface area contributed by atoms with Crippen LogP contribution in [0.15, 0.2) is 65.8 Å². The van der Waals surface area contributed by atoms with Crippen LogP contribution >= 0.6 is 0 Å². The van der Waals surface area contributed by atoms with E-state index in [0.717, 1.165) is 11.3 Å². The molecule has 8 heteroatoms. The van der Waals surface area contributed by atoms with Crippen molar-refractivity contribution < 1.29 is 4.92 Å². The molecule has 2 aromatic carbocycles. The van der Waals surface area contributed by atoms with Crippen molar-refractivity contribution in [3.8, 4) is 5.69 Å². The number of benzene rings is 2. The molecule has 0 N–H and O–H groups in total. The number of para-hydroxylation sites is 1. The summed E-state index contributed by atoms with van der Waals surface area (Å²) < 4.78 is 3.06. The Labute approximate surface area is 153 Å². The second kappa shape index (κ2) is 6.49. The van der Waals surface area contributed by atoms with Gasteiger partial charge >= 0.3 is 0 Å². The van der Waals surface area contributed by atoms with Crippen LogP contribution in [0.5, 0.6) is 0 Å². The van der Waals surface area contributed by atoms with Crippen LogP contribution in [-0.4, -0.2) is 24.3 Å². The van der Waals surface area contributed by atoms with Crippen molar-refractivity contribution in [2.24, 2.45) is 0 Å². The van der Waals surface area contributed by atoms with Gasteiger partial charge in [0.15, 0.2) is 5.65 Å². The quantitative estimate of drug-likeness (QED) is 0.411. The Hall–Kier alpha value is -3.81. The third-order valence-corrected chi connectivity index (χ3v) is 4.37. The molecule has 134 valence electrons. The van der Waals surface area contributed by atoms with Crippen LogP contribution in [0, 0.1) is 17.0 Å². The maximum atomic E-state index is 12.8. The monoisotopic (exact) mass is 361 g/mol. The van der Waals surface area contributed by atoms with Crippen molar-refractivity contribution in [1.82, 2.24) is 19.3 Å². The molecule has 0 radical (unpaired) electrons. The van der Waals surface area contributed by atoms with E-state index < -0.39 is 4.92 Å². The van der Waals surface area contributed by atoms with E-state index in [9.17, 15) is 14.9 Å². The minimum Gasteiger partial charge on any atom is -0.294 e. The summed E-state index contributed by atoms with van der Waals surface area (Å²) in [5, 5.41) is 15.6. The van der Waals surface area contributed by atoms with Gasteiger partial charge in [-0.15, -0.1) is 0 Å². The van der Waals surface area contributed by atoms with E-state index in [-0.39, 0.29) is 17.8 Å². The molecule has 0 aliphatic heterocycles. The van der Waals surface area contributed by atoms with Crippen LogP contribution in [0.2, 0.25) is 0 Å². The van der Waals surface area contributed by atoms with Crippen LogP contribution in [0.4, 0.5) is 5.69 Å². The fourth-order valence-corrected chi connectivity index (χ4v) is 3.00. The van der Waals surface area contributed by atoms with E-state index >= 15 is 0 Å². The van der Waals surface area contributed by atoms with Gasteiger partial charge in [0.2, 0.25) is 0 Å². The Morgan fingerprint density at radius 1 is 1.15 bits per heavy atom. The van der Waals surface area contributed by atoms with Gasteiger partial charge in [0, 0.05) is 12.1 Å². The number of aryl methyl sites for hydroxylation is 1. The summed E-state index contributed by atoms with van der Waals surface area (Å²) in [6.45, 7) is 2.16. The second-order valence-electron chi connectivity index (χ2n) is 6.18. The molecule has 0 bridgehead atoms. The molecule has 2 aromatic heterocycles. The van der Waals surface area contributed by atoms with Crippen molar-refractivity contribution in [3.63, 3.8) is 0 Å². The molecule has 0 unspecified atom stereocenters. The summed E-state index contributed by atoms with van der Waals surface area (Å²) in [6, 6.07) is 13.9. The number of aromatic nitrogens is 4. The van der Waals surface area contributed by atoms with Crippen LogP contribution in [0.25, 0.3) is 16.7 Å². The van der Waals surface area contributed by atoms with Gasteiger partial charge in [0.05, 0.1) is 23.4 Å². The first-order valence-corrected chi connectivity index (χ1v) is 8.27. The molecule has 0 amide bonds. The van der Waals surface area contributed by atoms with E-state index in [1.165, 1.54) is 29.2 Å². The van der Waals surface area contributed by atoms with Gasteiger partial charge < -0.3 is 0 Å². The van der Waals surface area contributed by atoms with Gasteiger partial charge in [-0.05, 0) is 24.1 Å². The third kappa shape index (κ3) is 2.97. The highest BCUT2D eigenvalue weighted by Gasteiger charge is 2.13. The van der Waals surface area contributed by atoms with Crippen LogP contribution in [0.3, 0.4) is 0 Å². The van der Waals surface area contributed by atoms with Gasteiger partial charge in [-0.3, -0.25) is 19.5 Å². The predicted octanol–water partition coefficient (Wildman–Crippen LogP) is 2.85. The number of nitrogens with zero attached hydrogens (tertiary/aromatic N) is 5. The summed E-state index contributed by atoms with van der Waals surface area (Å²) in [5.41, 5.74) is 2.75. The molecule has 8 nitrogen and oxygen atoms in total. The maximum Gasteiger partial charge on any atom is 0.269 e. The molecule has 0 saturated heterocycles. The molecule has 0 spiro atoms. The Morgan fingerprint density at radius 2 is 1.96 bits per heavy atom. The lowest BCUT2D eigenvalue weighted by atomic mass is 10.2. The van der Waals surface area contributed by atoms with Gasteiger partial charge in [0.1, 0.15) is 11.7 Å². The van der Waals surface area contributed by atoms with E-state index in [4.69, 9.17) is 0 Å². The van der Waals surface area contributed by atoms with Crippen LogP contribution in [-0.2, 0) is 6.54 Å². The average Bonchev–Trinajstić information content (AvgIpc) is 3.09. The van der Waals surface area contributed by atoms with Crippen molar-refractivity contribution in [3.05, 3.63) is 92.7 Å². The standard InChI is InChI=1S/C19H15N5O3/c1-13-5-2-3-8-17(13)23-18-16(10-21-23)19(25)22(12-20-18)11-14-6-4-7-15(9-14)24(26)27/h2-10,12H,11H2,1H3. The number of hydrogen-bond donors (Lipinski definition) is 0. The SMILES string of the molecule is Cc1ccccc1-n1ncc2c(=O)n(Cc3cccc([N+](=O)[O-])c3)cnc21. The normalized spacial score (nSPS) is 11.0. The Balaban J connectivity index is 1.76. The first kappa shape index (κ1) is 16.6. The van der Waals surface area contributed by atoms with Gasteiger partial charge in [-0.1, -0.05) is 30.3 Å². The zero-order chi connectivity index (χ0) is 19.0. The predicted molar refractivity (Wildman–Crippen MR) is 100 cm³/mol. The fourth-order valence-electron chi connectivity index (χ4n) is 3.00. The van der Waals surface area contributed by atoms with Gasteiger partial charge in [-0.25, -0.2) is 9.67 Å². The van der Waals surface area contributed by atoms with Crippen molar-refractivity contribution in [1.29, 1.82) is 0 Å². The van der Waals surface area contributed by atoms with Gasteiger partial charge in [-0.2, -0.15) is 5.10 Å². The summed E-state index contributed by atoms with van der Waals surface area (Å²) in [7, 11) is 0. The van der Waals surface area contributed by atoms with E-state index in [0.29, 0.717) is 16.6 Å². The minimum atomic E-state index is -0.458. The smallest absolute Gasteiger partial charge is 0.269 e. The molecule has 4 aromatic rings. The maximum absolute atomic E-state index is 12.8. The summed E-state index contributed by atoms with van der Waals surface area (Å²) >= 11 is 0. The molecule has 27 heavy (non-hydrogen) atoms. The Morgan fingerprint density at radius 3 is 2.74 bits per heavy atom. The molecule has 0 fully saturated rings. The molecule has 0 saturated carbocycles. The summed E-state index contributed by atoms with van der Waals surface area (Å²) in [4.78, 5) is 27.7. The lowest BCUT2D eigenvalue weighted by Crippen LogP contribution is -2.21. The minimum absolute atomic E-state index is 0.0121. The Kier molecular flexibility index (Phi) is 4.00. The van der Waals surface area contributed by atoms with Crippen molar-refractivity contribution >= 4 is 16.7 Å². The first-order chi connectivity index (χ1) is 13.0. The average molecular weight is 361 g/mol. The largest absolute Gasteiger partial charge is 0.294 e. The fraction of sp³-hybridized carbons (Fsp3) is 0.105. The lowest BCUT2D eigenvalue weighted by Gasteiger charge is -2.08. The van der Waals surface area contributed by atoms with Crippen LogP contribution < -0.4 is 5.56 Å². The van der Waals surface area contributed by atoms with E-state index in [1.54, 1.807) is 16.8 Å². The molecular formula is C19H15N5O3. The van der Waals surface area contributed by atoms with E-state index in [1.807, 2.05) is 31.2 Å². The molecular weight excluding hydrogens is 346 g/mol. The Bertz CT molecular complexity index is 1230. The molecule has 0 aliphatic rings. The third-order valence-electron chi connectivity index (χ3n) is 4.37. The lowest BCUT2D eigenvalue weighted by molar-refractivity contribution is -0.384. The highest BCUT2D eigenvalue weighted by molar-refractivity contribution is 5.75. The number of hydrogen-bond acceptors (Lipinski definition) is 5. The van der Waals surface area contributed by atoms with Crippen LogP contribution in [0.1, 0.15) is 11.1 Å². The topological polar surface area (TPSA) is 95.8 Å². The molecule has 0 aliphatic carbocycles. The first-order valence-electron chi connectivity index (χ1n) is 8.27. The molecule has 4 rings (SSSR count). The highest BCUT2D eigenvalue weighted by atomic mass is 16.6. The van der Waals surface area contributed by atoms with Crippen molar-refractivity contribution in [2.75, 3.05) is 0 Å². The number of nitro benzene ring substituents is 1. The number of rotatable bonds is 4. The van der Waals surface area contributed by atoms with Gasteiger partial charge in [0.25, 0.3) is 11.2 Å².